The number of anilines is 1. The SMILES string of the molecule is CCC(Oc1nc(Cl)cnc1NS(=O)(=O)c1cccc(Cl)c1Cl)c1cccnc1. The second-order valence-electron chi connectivity index (χ2n) is 5.81. The Balaban J connectivity index is 1.96. The lowest BCUT2D eigenvalue weighted by Gasteiger charge is -2.19. The number of aromatic nitrogens is 3. The Hall–Kier alpha value is -2.13. The van der Waals surface area contributed by atoms with E-state index in [2.05, 4.69) is 19.7 Å². The summed E-state index contributed by atoms with van der Waals surface area (Å²) >= 11 is 17.9. The number of halogens is 3. The Kier molecular flexibility index (Phi) is 6.79. The fraction of sp³-hybridized carbons (Fsp3) is 0.167. The Bertz CT molecular complexity index is 1110. The first kappa shape index (κ1) is 21.6. The summed E-state index contributed by atoms with van der Waals surface area (Å²) < 4.78 is 33.9. The van der Waals surface area contributed by atoms with Gasteiger partial charge in [0.25, 0.3) is 15.9 Å². The lowest BCUT2D eigenvalue weighted by molar-refractivity contribution is 0.193. The van der Waals surface area contributed by atoms with Crippen LogP contribution in [0.3, 0.4) is 0 Å². The Morgan fingerprint density at radius 2 is 1.93 bits per heavy atom. The van der Waals surface area contributed by atoms with E-state index in [0.29, 0.717) is 6.42 Å². The van der Waals surface area contributed by atoms with Crippen LogP contribution in [0.5, 0.6) is 5.88 Å². The molecular formula is C18H15Cl3N4O3S. The van der Waals surface area contributed by atoms with Gasteiger partial charge in [0.15, 0.2) is 5.15 Å². The number of hydrogen-bond acceptors (Lipinski definition) is 6. The normalized spacial score (nSPS) is 12.4. The molecule has 11 heteroatoms. The smallest absolute Gasteiger partial charge is 0.264 e. The van der Waals surface area contributed by atoms with E-state index < -0.39 is 16.1 Å². The van der Waals surface area contributed by atoms with E-state index in [-0.39, 0.29) is 31.8 Å². The van der Waals surface area contributed by atoms with Gasteiger partial charge in [0.1, 0.15) is 11.0 Å². The molecule has 7 nitrogen and oxygen atoms in total. The van der Waals surface area contributed by atoms with Crippen molar-refractivity contribution in [2.24, 2.45) is 0 Å². The van der Waals surface area contributed by atoms with Crippen LogP contribution in [-0.2, 0) is 10.0 Å². The molecule has 0 aliphatic rings. The standard InChI is InChI=1S/C18H15Cl3N4O3S/c1-2-13(11-5-4-8-22-9-11)28-18-17(23-10-15(20)24-18)25-29(26,27)14-7-3-6-12(19)16(14)21/h3-10,13H,2H2,1H3,(H,23,25). The van der Waals surface area contributed by atoms with Gasteiger partial charge in [0.05, 0.1) is 16.2 Å². The van der Waals surface area contributed by atoms with Crippen LogP contribution in [0.25, 0.3) is 0 Å². The van der Waals surface area contributed by atoms with Gasteiger partial charge >= 0.3 is 0 Å². The van der Waals surface area contributed by atoms with Crippen molar-refractivity contribution in [3.63, 3.8) is 0 Å². The molecule has 29 heavy (non-hydrogen) atoms. The molecule has 0 aliphatic carbocycles. The molecule has 1 atom stereocenters. The maximum absolute atomic E-state index is 12.8. The van der Waals surface area contributed by atoms with Crippen molar-refractivity contribution < 1.29 is 13.2 Å². The molecule has 0 fully saturated rings. The zero-order valence-corrected chi connectivity index (χ0v) is 18.1. The van der Waals surface area contributed by atoms with Crippen LogP contribution in [0.15, 0.2) is 53.8 Å². The zero-order valence-electron chi connectivity index (χ0n) is 15.0. The predicted octanol–water partition coefficient (Wildman–Crippen LogP) is 5.16. The molecule has 3 rings (SSSR count). The minimum atomic E-state index is -4.11. The molecule has 1 unspecified atom stereocenters. The van der Waals surface area contributed by atoms with Crippen LogP contribution >= 0.6 is 34.8 Å². The molecule has 0 radical (unpaired) electrons. The third kappa shape index (κ3) is 5.08. The fourth-order valence-corrected chi connectivity index (χ4v) is 4.36. The van der Waals surface area contributed by atoms with Gasteiger partial charge in [-0.2, -0.15) is 4.98 Å². The molecule has 2 aromatic heterocycles. The van der Waals surface area contributed by atoms with Gasteiger partial charge < -0.3 is 4.74 Å². The van der Waals surface area contributed by atoms with Crippen LogP contribution in [0.2, 0.25) is 15.2 Å². The Morgan fingerprint density at radius 1 is 1.14 bits per heavy atom. The summed E-state index contributed by atoms with van der Waals surface area (Å²) in [4.78, 5) is 12.0. The van der Waals surface area contributed by atoms with E-state index in [1.165, 1.54) is 24.4 Å². The molecule has 0 aliphatic heterocycles. The van der Waals surface area contributed by atoms with E-state index in [9.17, 15) is 8.42 Å². The number of benzene rings is 1. The highest BCUT2D eigenvalue weighted by molar-refractivity contribution is 7.92. The molecular weight excluding hydrogens is 459 g/mol. The largest absolute Gasteiger partial charge is 0.467 e. The number of pyridine rings is 1. The van der Waals surface area contributed by atoms with Crippen molar-refractivity contribution >= 4 is 50.6 Å². The predicted molar refractivity (Wildman–Crippen MR) is 112 cm³/mol. The Labute approximate surface area is 183 Å². The molecule has 1 aromatic carbocycles. The van der Waals surface area contributed by atoms with Gasteiger partial charge in [-0.3, -0.25) is 9.71 Å². The Morgan fingerprint density at radius 3 is 2.62 bits per heavy atom. The average Bonchev–Trinajstić information content (AvgIpc) is 2.70. The van der Waals surface area contributed by atoms with Crippen molar-refractivity contribution in [2.45, 2.75) is 24.3 Å². The average molecular weight is 474 g/mol. The monoisotopic (exact) mass is 472 g/mol. The van der Waals surface area contributed by atoms with E-state index in [1.54, 1.807) is 18.5 Å². The van der Waals surface area contributed by atoms with E-state index >= 15 is 0 Å². The summed E-state index contributed by atoms with van der Waals surface area (Å²) in [7, 11) is -4.11. The second-order valence-corrected chi connectivity index (χ2v) is 8.63. The van der Waals surface area contributed by atoms with Gasteiger partial charge in [-0.15, -0.1) is 0 Å². The summed E-state index contributed by atoms with van der Waals surface area (Å²) in [5.41, 5.74) is 0.795. The fourth-order valence-electron chi connectivity index (χ4n) is 2.47. The van der Waals surface area contributed by atoms with E-state index in [4.69, 9.17) is 39.5 Å². The summed E-state index contributed by atoms with van der Waals surface area (Å²) in [6, 6.07) is 7.90. The highest BCUT2D eigenvalue weighted by Gasteiger charge is 2.24. The van der Waals surface area contributed by atoms with Gasteiger partial charge in [0, 0.05) is 18.0 Å². The number of sulfonamides is 1. The van der Waals surface area contributed by atoms with E-state index in [0.717, 1.165) is 5.56 Å². The van der Waals surface area contributed by atoms with Crippen molar-refractivity contribution in [2.75, 3.05) is 4.72 Å². The van der Waals surface area contributed by atoms with Gasteiger partial charge in [-0.05, 0) is 24.6 Å². The zero-order chi connectivity index (χ0) is 21.0. The molecule has 0 saturated carbocycles. The third-order valence-electron chi connectivity index (χ3n) is 3.83. The van der Waals surface area contributed by atoms with Gasteiger partial charge in [-0.25, -0.2) is 13.4 Å². The summed E-state index contributed by atoms with van der Waals surface area (Å²) in [6.45, 7) is 1.91. The van der Waals surface area contributed by atoms with Crippen LogP contribution in [-0.4, -0.2) is 23.4 Å². The van der Waals surface area contributed by atoms with Crippen LogP contribution in [0, 0.1) is 0 Å². The van der Waals surface area contributed by atoms with Crippen molar-refractivity contribution in [3.8, 4) is 5.88 Å². The number of nitrogens with zero attached hydrogens (tertiary/aromatic N) is 3. The number of hydrogen-bond donors (Lipinski definition) is 1. The highest BCUT2D eigenvalue weighted by Crippen LogP contribution is 2.33. The molecule has 152 valence electrons. The number of rotatable bonds is 7. The van der Waals surface area contributed by atoms with Crippen molar-refractivity contribution in [1.29, 1.82) is 0 Å². The van der Waals surface area contributed by atoms with Crippen LogP contribution in [0.4, 0.5) is 5.82 Å². The molecule has 0 saturated heterocycles. The minimum Gasteiger partial charge on any atom is -0.467 e. The number of nitrogens with one attached hydrogen (secondary N) is 1. The summed E-state index contributed by atoms with van der Waals surface area (Å²) in [6.07, 6.45) is 4.64. The quantitative estimate of drug-likeness (QED) is 0.509. The third-order valence-corrected chi connectivity index (χ3v) is 6.32. The van der Waals surface area contributed by atoms with Crippen LogP contribution < -0.4 is 9.46 Å². The summed E-state index contributed by atoms with van der Waals surface area (Å²) in [5, 5.41) is 0.0495. The molecule has 1 N–H and O–H groups in total. The van der Waals surface area contributed by atoms with Crippen molar-refractivity contribution in [3.05, 3.63) is 69.7 Å². The lowest BCUT2D eigenvalue weighted by Crippen LogP contribution is -2.17. The second kappa shape index (κ2) is 9.13. The number of ether oxygens (including phenoxy) is 1. The summed E-state index contributed by atoms with van der Waals surface area (Å²) in [5.74, 6) is -0.206. The maximum Gasteiger partial charge on any atom is 0.264 e. The topological polar surface area (TPSA) is 94.1 Å². The molecule has 3 aromatic rings. The first-order valence-electron chi connectivity index (χ1n) is 8.37. The minimum absolute atomic E-state index is 0.0461. The molecule has 0 amide bonds. The van der Waals surface area contributed by atoms with Crippen molar-refractivity contribution in [1.82, 2.24) is 15.0 Å². The first-order chi connectivity index (χ1) is 13.8. The van der Waals surface area contributed by atoms with E-state index in [1.807, 2.05) is 13.0 Å². The van der Waals surface area contributed by atoms with Gasteiger partial charge in [0.2, 0.25) is 5.82 Å². The molecule has 0 spiro atoms. The van der Waals surface area contributed by atoms with Crippen LogP contribution in [0.1, 0.15) is 25.0 Å². The molecule has 2 heterocycles. The maximum atomic E-state index is 12.8. The first-order valence-corrected chi connectivity index (χ1v) is 11.0. The highest BCUT2D eigenvalue weighted by atomic mass is 35.5. The van der Waals surface area contributed by atoms with Gasteiger partial charge in [-0.1, -0.05) is 53.9 Å². The lowest BCUT2D eigenvalue weighted by atomic mass is 10.1. The molecule has 0 bridgehead atoms.